The number of amides is 2. The van der Waals surface area contributed by atoms with Crippen LogP contribution in [0.5, 0.6) is 0 Å². The maximum atomic E-state index is 13.4. The maximum Gasteiger partial charge on any atom is 0.291 e. The van der Waals surface area contributed by atoms with Gasteiger partial charge in [0, 0.05) is 36.3 Å². The number of fused-ring (bicyclic) bond motifs is 1. The first-order chi connectivity index (χ1) is 21.8. The summed E-state index contributed by atoms with van der Waals surface area (Å²) < 4.78 is 5.85. The predicted octanol–water partition coefficient (Wildman–Crippen LogP) is 8.32. The van der Waals surface area contributed by atoms with Crippen LogP contribution in [0.3, 0.4) is 0 Å². The Kier molecular flexibility index (Phi) is 9.31. The molecule has 230 valence electrons. The average molecular weight is 621 g/mol. The summed E-state index contributed by atoms with van der Waals surface area (Å²) in [6.07, 6.45) is 10.4. The number of hydrogen-bond donors (Lipinski definition) is 1. The summed E-state index contributed by atoms with van der Waals surface area (Å²) in [6.45, 7) is 3.42. The third-order valence-corrected chi connectivity index (χ3v) is 9.07. The number of likely N-dealkylation sites (tertiary alicyclic amines) is 1. The standard InChI is InChI=1S/C38H37ClN2O4/c1-25-9-18-35-33(20-25)34(42)23-36(45-35)38(44)40-31(22-27-12-16-30(39)17-13-27)21-26-10-14-28(15-11-26)32-7-3-2-6-29(32)24-41-19-5-4-8-37(41)43/h2-3,6-7,9,12-13,16-18,20-23,28H,4-5,8,10-11,14-15,19,24H2,1H3,(H,40,44)/b26-21?,31-22-. The first kappa shape index (κ1) is 30.6. The number of halogens is 1. The van der Waals surface area contributed by atoms with Gasteiger partial charge in [-0.1, -0.05) is 65.2 Å². The van der Waals surface area contributed by atoms with Crippen molar-refractivity contribution >= 4 is 40.5 Å². The SMILES string of the molecule is Cc1ccc2oc(C(=O)N/C(C=C3CCC(c4ccccc4CN4CCCCC4=O)CC3)=C\c3ccc(Cl)cc3)cc(=O)c2c1. The van der Waals surface area contributed by atoms with Crippen LogP contribution in [0.25, 0.3) is 17.0 Å². The van der Waals surface area contributed by atoms with Gasteiger partial charge in [-0.25, -0.2) is 0 Å². The van der Waals surface area contributed by atoms with E-state index < -0.39 is 5.91 Å². The zero-order valence-electron chi connectivity index (χ0n) is 25.5. The minimum Gasteiger partial charge on any atom is -0.451 e. The van der Waals surface area contributed by atoms with Crippen LogP contribution in [0.4, 0.5) is 0 Å². The summed E-state index contributed by atoms with van der Waals surface area (Å²) in [7, 11) is 0. The number of nitrogens with one attached hydrogen (secondary N) is 1. The highest BCUT2D eigenvalue weighted by atomic mass is 35.5. The Bertz CT molecular complexity index is 1840. The Morgan fingerprint density at radius 3 is 2.53 bits per heavy atom. The third-order valence-electron chi connectivity index (χ3n) is 8.82. The van der Waals surface area contributed by atoms with Crippen molar-refractivity contribution in [3.63, 3.8) is 0 Å². The number of rotatable bonds is 7. The predicted molar refractivity (Wildman–Crippen MR) is 179 cm³/mol. The Balaban J connectivity index is 1.21. The van der Waals surface area contributed by atoms with Crippen LogP contribution in [-0.2, 0) is 11.3 Å². The van der Waals surface area contributed by atoms with Crippen molar-refractivity contribution in [1.29, 1.82) is 0 Å². The normalized spacial score (nSPS) is 17.4. The smallest absolute Gasteiger partial charge is 0.291 e. The largest absolute Gasteiger partial charge is 0.451 e. The second-order valence-electron chi connectivity index (χ2n) is 12.1. The molecule has 0 bridgehead atoms. The van der Waals surface area contributed by atoms with E-state index in [1.165, 1.54) is 22.8 Å². The second kappa shape index (κ2) is 13.7. The van der Waals surface area contributed by atoms with Gasteiger partial charge in [-0.2, -0.15) is 0 Å². The summed E-state index contributed by atoms with van der Waals surface area (Å²) in [6, 6.07) is 22.5. The van der Waals surface area contributed by atoms with Crippen molar-refractivity contribution in [3.05, 3.63) is 133 Å². The number of aryl methyl sites for hydroxylation is 1. The van der Waals surface area contributed by atoms with Crippen LogP contribution in [0.2, 0.25) is 5.02 Å². The molecule has 6 nitrogen and oxygen atoms in total. The van der Waals surface area contributed by atoms with Crippen LogP contribution in [0.15, 0.2) is 99.4 Å². The molecule has 0 unspecified atom stereocenters. The van der Waals surface area contributed by atoms with E-state index in [2.05, 4.69) is 29.6 Å². The molecule has 1 aliphatic carbocycles. The molecule has 2 amide bonds. The third kappa shape index (κ3) is 7.46. The van der Waals surface area contributed by atoms with Crippen molar-refractivity contribution in [2.24, 2.45) is 0 Å². The van der Waals surface area contributed by atoms with E-state index in [9.17, 15) is 14.4 Å². The molecule has 1 saturated heterocycles. The van der Waals surface area contributed by atoms with Crippen molar-refractivity contribution in [1.82, 2.24) is 10.2 Å². The Hall–Kier alpha value is -4.42. The molecule has 4 aromatic rings. The molecule has 1 saturated carbocycles. The van der Waals surface area contributed by atoms with E-state index in [0.717, 1.165) is 56.2 Å². The molecule has 2 aliphatic rings. The van der Waals surface area contributed by atoms with Gasteiger partial charge in [-0.3, -0.25) is 14.4 Å². The molecule has 0 spiro atoms. The van der Waals surface area contributed by atoms with Crippen LogP contribution in [0.1, 0.15) is 83.7 Å². The molecule has 0 radical (unpaired) electrons. The van der Waals surface area contributed by atoms with E-state index in [1.54, 1.807) is 12.1 Å². The van der Waals surface area contributed by atoms with Crippen molar-refractivity contribution in [2.45, 2.75) is 64.3 Å². The summed E-state index contributed by atoms with van der Waals surface area (Å²) >= 11 is 6.11. The summed E-state index contributed by atoms with van der Waals surface area (Å²) in [5, 5.41) is 4.07. The molecule has 45 heavy (non-hydrogen) atoms. The lowest BCUT2D eigenvalue weighted by Gasteiger charge is -2.30. The molecular weight excluding hydrogens is 584 g/mol. The molecule has 0 atom stereocenters. The Morgan fingerprint density at radius 1 is 0.978 bits per heavy atom. The minimum atomic E-state index is -0.485. The molecule has 2 fully saturated rings. The van der Waals surface area contributed by atoms with Crippen molar-refractivity contribution < 1.29 is 14.0 Å². The van der Waals surface area contributed by atoms with Gasteiger partial charge in [0.15, 0.2) is 11.2 Å². The van der Waals surface area contributed by atoms with Gasteiger partial charge in [-0.15, -0.1) is 0 Å². The molecule has 1 aliphatic heterocycles. The number of carbonyl (C=O) groups is 2. The number of allylic oxidation sites excluding steroid dienone is 2. The number of nitrogens with zero attached hydrogens (tertiary/aromatic N) is 1. The van der Waals surface area contributed by atoms with Gasteiger partial charge in [0.25, 0.3) is 5.91 Å². The molecule has 1 aromatic heterocycles. The summed E-state index contributed by atoms with van der Waals surface area (Å²) in [5.74, 6) is 0.142. The van der Waals surface area contributed by atoms with E-state index in [1.807, 2.05) is 54.3 Å². The number of benzene rings is 3. The molecular formula is C38H37ClN2O4. The number of piperidine rings is 1. The monoisotopic (exact) mass is 620 g/mol. The second-order valence-corrected chi connectivity index (χ2v) is 12.6. The van der Waals surface area contributed by atoms with Gasteiger partial charge in [-0.05, 0) is 104 Å². The zero-order chi connectivity index (χ0) is 31.3. The molecule has 1 N–H and O–H groups in total. The highest BCUT2D eigenvalue weighted by Gasteiger charge is 2.24. The van der Waals surface area contributed by atoms with E-state index >= 15 is 0 Å². The summed E-state index contributed by atoms with van der Waals surface area (Å²) in [4.78, 5) is 40.7. The molecule has 2 heterocycles. The molecule has 6 rings (SSSR count). The Morgan fingerprint density at radius 2 is 1.76 bits per heavy atom. The lowest BCUT2D eigenvalue weighted by atomic mass is 9.79. The summed E-state index contributed by atoms with van der Waals surface area (Å²) in [5.41, 5.74) is 6.39. The van der Waals surface area contributed by atoms with Crippen molar-refractivity contribution in [3.8, 4) is 0 Å². The highest BCUT2D eigenvalue weighted by molar-refractivity contribution is 6.30. The number of carbonyl (C=O) groups excluding carboxylic acids is 2. The first-order valence-corrected chi connectivity index (χ1v) is 16.1. The van der Waals surface area contributed by atoms with Crippen LogP contribution in [-0.4, -0.2) is 23.3 Å². The van der Waals surface area contributed by atoms with Crippen molar-refractivity contribution in [2.75, 3.05) is 6.54 Å². The van der Waals surface area contributed by atoms with Gasteiger partial charge >= 0.3 is 0 Å². The fraction of sp³-hybridized carbons (Fsp3) is 0.289. The lowest BCUT2D eigenvalue weighted by molar-refractivity contribution is -0.133. The van der Waals surface area contributed by atoms with Crippen LogP contribution >= 0.6 is 11.6 Å². The average Bonchev–Trinajstić information content (AvgIpc) is 3.04. The van der Waals surface area contributed by atoms with Crippen LogP contribution < -0.4 is 10.7 Å². The van der Waals surface area contributed by atoms with E-state index in [-0.39, 0.29) is 17.1 Å². The maximum absolute atomic E-state index is 13.4. The fourth-order valence-corrected chi connectivity index (χ4v) is 6.53. The van der Waals surface area contributed by atoms with E-state index in [4.69, 9.17) is 16.0 Å². The van der Waals surface area contributed by atoms with E-state index in [0.29, 0.717) is 40.6 Å². The molecule has 7 heteroatoms. The van der Waals surface area contributed by atoms with Gasteiger partial charge in [0.1, 0.15) is 5.58 Å². The zero-order valence-corrected chi connectivity index (χ0v) is 26.2. The first-order valence-electron chi connectivity index (χ1n) is 15.7. The highest BCUT2D eigenvalue weighted by Crippen LogP contribution is 2.38. The topological polar surface area (TPSA) is 79.6 Å². The quantitative estimate of drug-likeness (QED) is 0.225. The van der Waals surface area contributed by atoms with Gasteiger partial charge in [0.05, 0.1) is 5.39 Å². The lowest BCUT2D eigenvalue weighted by Crippen LogP contribution is -2.35. The Labute approximate surface area is 268 Å². The fourth-order valence-electron chi connectivity index (χ4n) is 6.40. The number of hydrogen-bond acceptors (Lipinski definition) is 4. The minimum absolute atomic E-state index is 0.0377. The van der Waals surface area contributed by atoms with Gasteiger partial charge in [0.2, 0.25) is 5.91 Å². The van der Waals surface area contributed by atoms with Crippen LogP contribution in [0, 0.1) is 6.92 Å². The molecule has 3 aromatic carbocycles. The van der Waals surface area contributed by atoms with Gasteiger partial charge < -0.3 is 14.6 Å².